The maximum Gasteiger partial charge on any atom is 0.319 e. The van der Waals surface area contributed by atoms with Gasteiger partial charge in [-0.1, -0.05) is 6.92 Å². The third-order valence-electron chi connectivity index (χ3n) is 6.69. The van der Waals surface area contributed by atoms with Crippen molar-refractivity contribution < 1.29 is 23.9 Å². The number of ether oxygens (including phenoxy) is 2. The predicted molar refractivity (Wildman–Crippen MR) is 123 cm³/mol. The van der Waals surface area contributed by atoms with Crippen LogP contribution >= 0.6 is 0 Å². The Morgan fingerprint density at radius 3 is 2.73 bits per heavy atom. The average Bonchev–Trinajstić information content (AvgIpc) is 2.77. The molecule has 1 aliphatic carbocycles. The maximum atomic E-state index is 13.3. The van der Waals surface area contributed by atoms with E-state index >= 15 is 0 Å². The summed E-state index contributed by atoms with van der Waals surface area (Å²) in [5.74, 6) is 0.313. The van der Waals surface area contributed by atoms with Crippen molar-refractivity contribution in [3.8, 4) is 5.75 Å². The van der Waals surface area contributed by atoms with Gasteiger partial charge in [0.15, 0.2) is 0 Å². The quantitative estimate of drug-likeness (QED) is 0.607. The Kier molecular flexibility index (Phi) is 7.37. The molecule has 0 aromatic heterocycles. The van der Waals surface area contributed by atoms with Crippen molar-refractivity contribution in [2.75, 3.05) is 25.5 Å². The zero-order valence-electron chi connectivity index (χ0n) is 19.4. The summed E-state index contributed by atoms with van der Waals surface area (Å²) in [7, 11) is 1.77. The van der Waals surface area contributed by atoms with Gasteiger partial charge >= 0.3 is 6.03 Å². The van der Waals surface area contributed by atoms with Gasteiger partial charge < -0.3 is 30.3 Å². The van der Waals surface area contributed by atoms with Gasteiger partial charge in [-0.25, -0.2) is 4.79 Å². The van der Waals surface area contributed by atoms with E-state index in [-0.39, 0.29) is 36.1 Å². The minimum absolute atomic E-state index is 0.0349. The number of urea groups is 1. The number of carbonyl (C=O) groups is 3. The molecular weight excluding hydrogens is 424 g/mol. The Hall–Kier alpha value is -2.81. The number of fused-ring (bicyclic) bond motifs is 2. The minimum atomic E-state index is -0.308. The topological polar surface area (TPSA) is 109 Å². The van der Waals surface area contributed by atoms with Crippen molar-refractivity contribution in [1.82, 2.24) is 15.5 Å². The number of benzene rings is 1. The van der Waals surface area contributed by atoms with Gasteiger partial charge in [0, 0.05) is 25.3 Å². The number of hydrogen-bond donors (Lipinski definition) is 3. The second-order valence-corrected chi connectivity index (χ2v) is 9.16. The third kappa shape index (κ3) is 5.58. The zero-order valence-corrected chi connectivity index (χ0v) is 19.4. The van der Waals surface area contributed by atoms with E-state index in [1.807, 2.05) is 6.92 Å². The highest BCUT2D eigenvalue weighted by molar-refractivity contribution is 5.99. The van der Waals surface area contributed by atoms with E-state index in [0.29, 0.717) is 49.0 Å². The summed E-state index contributed by atoms with van der Waals surface area (Å²) in [5, 5.41) is 8.58. The molecule has 0 spiro atoms. The van der Waals surface area contributed by atoms with Crippen molar-refractivity contribution in [3.05, 3.63) is 23.8 Å². The molecule has 2 fully saturated rings. The van der Waals surface area contributed by atoms with Crippen molar-refractivity contribution in [2.24, 2.45) is 0 Å². The molecule has 1 saturated heterocycles. The van der Waals surface area contributed by atoms with Gasteiger partial charge in [-0.15, -0.1) is 0 Å². The van der Waals surface area contributed by atoms with Crippen molar-refractivity contribution >= 4 is 23.5 Å². The molecule has 3 atom stereocenters. The summed E-state index contributed by atoms with van der Waals surface area (Å²) >= 11 is 0. The van der Waals surface area contributed by atoms with Crippen LogP contribution in [0.15, 0.2) is 18.2 Å². The molecule has 180 valence electrons. The molecule has 2 aliphatic heterocycles. The fourth-order valence-electron chi connectivity index (χ4n) is 4.57. The van der Waals surface area contributed by atoms with Gasteiger partial charge in [0.05, 0.1) is 24.1 Å². The van der Waals surface area contributed by atoms with E-state index in [1.165, 1.54) is 6.42 Å². The van der Waals surface area contributed by atoms with Crippen LogP contribution in [0, 0.1) is 0 Å². The minimum Gasteiger partial charge on any atom is -0.490 e. The molecule has 0 unspecified atom stereocenters. The first-order valence-electron chi connectivity index (χ1n) is 12.0. The van der Waals surface area contributed by atoms with E-state index in [4.69, 9.17) is 9.47 Å². The fourth-order valence-corrected chi connectivity index (χ4v) is 4.57. The Morgan fingerprint density at radius 1 is 1.18 bits per heavy atom. The molecule has 0 bridgehead atoms. The summed E-state index contributed by atoms with van der Waals surface area (Å²) in [6.45, 7) is 2.85. The molecule has 1 aromatic rings. The molecule has 4 rings (SSSR count). The molecule has 3 N–H and O–H groups in total. The average molecular weight is 459 g/mol. The molecule has 0 radical (unpaired) electrons. The second kappa shape index (κ2) is 10.4. The lowest BCUT2D eigenvalue weighted by atomic mass is 9.92. The summed E-state index contributed by atoms with van der Waals surface area (Å²) in [6, 6.07) is 4.93. The number of amides is 4. The van der Waals surface area contributed by atoms with Crippen LogP contribution in [-0.2, 0) is 9.53 Å². The highest BCUT2D eigenvalue weighted by atomic mass is 16.5. The van der Waals surface area contributed by atoms with Gasteiger partial charge in [-0.2, -0.15) is 0 Å². The second-order valence-electron chi connectivity index (χ2n) is 9.16. The molecule has 33 heavy (non-hydrogen) atoms. The predicted octanol–water partition coefficient (Wildman–Crippen LogP) is 2.66. The van der Waals surface area contributed by atoms with E-state index < -0.39 is 0 Å². The van der Waals surface area contributed by atoms with Gasteiger partial charge in [-0.05, 0) is 56.7 Å². The van der Waals surface area contributed by atoms with E-state index in [1.54, 1.807) is 30.1 Å². The lowest BCUT2D eigenvalue weighted by molar-refractivity contribution is -0.135. The molecule has 4 amide bonds. The van der Waals surface area contributed by atoms with Crippen LogP contribution in [0.25, 0.3) is 0 Å². The van der Waals surface area contributed by atoms with Crippen LogP contribution in [0.1, 0.15) is 62.2 Å². The Balaban J connectivity index is 1.41. The van der Waals surface area contributed by atoms with Crippen LogP contribution in [-0.4, -0.2) is 67.2 Å². The lowest BCUT2D eigenvalue weighted by Gasteiger charge is -2.42. The maximum absolute atomic E-state index is 13.3. The van der Waals surface area contributed by atoms with Crippen molar-refractivity contribution in [2.45, 2.75) is 76.2 Å². The first kappa shape index (κ1) is 23.4. The van der Waals surface area contributed by atoms with E-state index in [0.717, 1.165) is 25.7 Å². The highest BCUT2D eigenvalue weighted by Gasteiger charge is 2.39. The summed E-state index contributed by atoms with van der Waals surface area (Å²) in [6.07, 6.45) is 5.44. The van der Waals surface area contributed by atoms with Crippen LogP contribution in [0.2, 0.25) is 0 Å². The van der Waals surface area contributed by atoms with Crippen LogP contribution in [0.5, 0.6) is 5.75 Å². The first-order valence-corrected chi connectivity index (χ1v) is 12.0. The SMILES string of the molecule is CCCNC(=O)Nc1ccc2c(c1)C(=O)N(C)[C@@H]1CC[C@@H](CC(=O)NC3CCC3)O[C@@H]1CO2. The van der Waals surface area contributed by atoms with Crippen LogP contribution in [0.4, 0.5) is 10.5 Å². The monoisotopic (exact) mass is 458 g/mol. The van der Waals surface area contributed by atoms with Crippen molar-refractivity contribution in [3.63, 3.8) is 0 Å². The Morgan fingerprint density at radius 2 is 2.00 bits per heavy atom. The van der Waals surface area contributed by atoms with Gasteiger partial charge in [0.1, 0.15) is 18.5 Å². The van der Waals surface area contributed by atoms with Crippen LogP contribution < -0.4 is 20.7 Å². The summed E-state index contributed by atoms with van der Waals surface area (Å²) < 4.78 is 12.2. The fraction of sp³-hybridized carbons (Fsp3) is 0.625. The summed E-state index contributed by atoms with van der Waals surface area (Å²) in [5.41, 5.74) is 0.938. The number of likely N-dealkylation sites (N-methyl/N-ethyl adjacent to an activating group) is 1. The number of rotatable bonds is 6. The molecule has 1 aromatic carbocycles. The molecule has 9 heteroatoms. The number of carbonyl (C=O) groups excluding carboxylic acids is 3. The van der Waals surface area contributed by atoms with E-state index in [9.17, 15) is 14.4 Å². The highest BCUT2D eigenvalue weighted by Crippen LogP contribution is 2.32. The molecule has 1 saturated carbocycles. The van der Waals surface area contributed by atoms with Gasteiger partial charge in [0.25, 0.3) is 5.91 Å². The normalized spacial score (nSPS) is 24.8. The number of anilines is 1. The van der Waals surface area contributed by atoms with E-state index in [2.05, 4.69) is 16.0 Å². The first-order chi connectivity index (χ1) is 15.9. The smallest absolute Gasteiger partial charge is 0.319 e. The lowest BCUT2D eigenvalue weighted by Crippen LogP contribution is -2.54. The largest absolute Gasteiger partial charge is 0.490 e. The number of nitrogens with one attached hydrogen (secondary N) is 3. The molecule has 3 aliphatic rings. The van der Waals surface area contributed by atoms with Gasteiger partial charge in [0.2, 0.25) is 5.91 Å². The third-order valence-corrected chi connectivity index (χ3v) is 6.69. The molecule has 9 nitrogen and oxygen atoms in total. The standard InChI is InChI=1S/C24H34N4O5/c1-3-11-25-24(31)27-16-7-10-20-18(12-16)23(30)28(2)19-9-8-17(33-21(19)14-32-20)13-22(29)26-15-5-4-6-15/h7,10,12,15,17,19,21H,3-6,8-9,11,13-14H2,1-2H3,(H,26,29)(H2,25,27,31)/t17-,19+,21+/m0/s1. The Labute approximate surface area is 194 Å². The summed E-state index contributed by atoms with van der Waals surface area (Å²) in [4.78, 5) is 39.3. The van der Waals surface area contributed by atoms with Crippen LogP contribution in [0.3, 0.4) is 0 Å². The Bertz CT molecular complexity index is 888. The zero-order chi connectivity index (χ0) is 23.4. The van der Waals surface area contributed by atoms with Crippen molar-refractivity contribution in [1.29, 1.82) is 0 Å². The molecular formula is C24H34N4O5. The number of hydrogen-bond acceptors (Lipinski definition) is 5. The molecule has 2 heterocycles. The van der Waals surface area contributed by atoms with Gasteiger partial charge in [-0.3, -0.25) is 9.59 Å². The number of nitrogens with zero attached hydrogens (tertiary/aromatic N) is 1.